The standard InChI is InChI=1S/C22H31N3O3S/c1-27-19-9-8-17(14-20(19)28-2)22-24-18(16-29-22)15-21(26)23-10-7-13-25-11-5-3-4-6-12-25/h8-9,14,16H,3-7,10-13,15H2,1-2H3,(H,23,26). The van der Waals surface area contributed by atoms with E-state index in [-0.39, 0.29) is 5.91 Å². The lowest BCUT2D eigenvalue weighted by atomic mass is 10.2. The average Bonchev–Trinajstić information content (AvgIpc) is 3.04. The molecule has 0 unspecified atom stereocenters. The molecule has 1 aliphatic rings. The van der Waals surface area contributed by atoms with Crippen LogP contribution in [0.2, 0.25) is 0 Å². The Bertz CT molecular complexity index is 785. The van der Waals surface area contributed by atoms with Crippen LogP contribution in [0.15, 0.2) is 23.6 Å². The molecular formula is C22H31N3O3S. The molecule has 1 N–H and O–H groups in total. The van der Waals surface area contributed by atoms with Gasteiger partial charge in [-0.1, -0.05) is 12.8 Å². The lowest BCUT2D eigenvalue weighted by Crippen LogP contribution is -2.31. The van der Waals surface area contributed by atoms with Crippen LogP contribution in [0.1, 0.15) is 37.8 Å². The molecule has 29 heavy (non-hydrogen) atoms. The predicted octanol–water partition coefficient (Wildman–Crippen LogP) is 3.75. The number of hydrogen-bond acceptors (Lipinski definition) is 6. The molecule has 2 aromatic rings. The van der Waals surface area contributed by atoms with Gasteiger partial charge in [0.2, 0.25) is 5.91 Å². The van der Waals surface area contributed by atoms with Crippen molar-refractivity contribution in [3.8, 4) is 22.1 Å². The average molecular weight is 418 g/mol. The number of nitrogens with one attached hydrogen (secondary N) is 1. The Labute approximate surface area is 177 Å². The minimum atomic E-state index is 0.0324. The summed E-state index contributed by atoms with van der Waals surface area (Å²) in [4.78, 5) is 19.4. The van der Waals surface area contributed by atoms with Crippen molar-refractivity contribution < 1.29 is 14.3 Å². The van der Waals surface area contributed by atoms with E-state index in [1.54, 1.807) is 14.2 Å². The zero-order chi connectivity index (χ0) is 20.5. The minimum absolute atomic E-state index is 0.0324. The highest BCUT2D eigenvalue weighted by molar-refractivity contribution is 7.13. The molecule has 0 bridgehead atoms. The number of ether oxygens (including phenoxy) is 2. The van der Waals surface area contributed by atoms with Gasteiger partial charge in [0.25, 0.3) is 0 Å². The van der Waals surface area contributed by atoms with Crippen LogP contribution in [0.5, 0.6) is 11.5 Å². The summed E-state index contributed by atoms with van der Waals surface area (Å²) in [5, 5.41) is 5.85. The summed E-state index contributed by atoms with van der Waals surface area (Å²) < 4.78 is 10.6. The van der Waals surface area contributed by atoms with Gasteiger partial charge in [0, 0.05) is 17.5 Å². The summed E-state index contributed by atoms with van der Waals surface area (Å²) in [6, 6.07) is 5.73. The van der Waals surface area contributed by atoms with E-state index in [4.69, 9.17) is 9.47 Å². The number of methoxy groups -OCH3 is 2. The predicted molar refractivity (Wildman–Crippen MR) is 117 cm³/mol. The van der Waals surface area contributed by atoms with E-state index in [0.29, 0.717) is 17.9 Å². The van der Waals surface area contributed by atoms with Crippen LogP contribution in [0, 0.1) is 0 Å². The number of thiazole rings is 1. The largest absolute Gasteiger partial charge is 0.493 e. The molecule has 3 rings (SSSR count). The van der Waals surface area contributed by atoms with Crippen LogP contribution < -0.4 is 14.8 Å². The molecule has 0 radical (unpaired) electrons. The van der Waals surface area contributed by atoms with Gasteiger partial charge < -0.3 is 19.7 Å². The molecule has 1 amide bonds. The monoisotopic (exact) mass is 417 g/mol. The molecule has 0 atom stereocenters. The number of carbonyl (C=O) groups excluding carboxylic acids is 1. The first kappa shape index (κ1) is 21.6. The number of amides is 1. The van der Waals surface area contributed by atoms with Crippen LogP contribution in [0.25, 0.3) is 10.6 Å². The van der Waals surface area contributed by atoms with Gasteiger partial charge in [0.1, 0.15) is 5.01 Å². The zero-order valence-corrected chi connectivity index (χ0v) is 18.2. The van der Waals surface area contributed by atoms with Crippen LogP contribution in [0.3, 0.4) is 0 Å². The second-order valence-electron chi connectivity index (χ2n) is 7.35. The third-order valence-electron chi connectivity index (χ3n) is 5.20. The van der Waals surface area contributed by atoms with Crippen molar-refractivity contribution in [3.05, 3.63) is 29.3 Å². The third-order valence-corrected chi connectivity index (χ3v) is 6.14. The second kappa shape index (κ2) is 11.2. The molecule has 158 valence electrons. The van der Waals surface area contributed by atoms with Crippen molar-refractivity contribution in [2.75, 3.05) is 40.4 Å². The molecule has 1 aromatic heterocycles. The van der Waals surface area contributed by atoms with Gasteiger partial charge in [-0.25, -0.2) is 4.98 Å². The smallest absolute Gasteiger partial charge is 0.226 e. The molecule has 0 saturated carbocycles. The van der Waals surface area contributed by atoms with E-state index in [0.717, 1.165) is 35.8 Å². The molecule has 0 aliphatic carbocycles. The van der Waals surface area contributed by atoms with Gasteiger partial charge in [-0.15, -0.1) is 11.3 Å². The number of aromatic nitrogens is 1. The molecular weight excluding hydrogens is 386 g/mol. The van der Waals surface area contributed by atoms with E-state index < -0.39 is 0 Å². The minimum Gasteiger partial charge on any atom is -0.493 e. The van der Waals surface area contributed by atoms with E-state index in [1.807, 2.05) is 23.6 Å². The van der Waals surface area contributed by atoms with Crippen LogP contribution in [-0.2, 0) is 11.2 Å². The first-order valence-electron chi connectivity index (χ1n) is 10.4. The lowest BCUT2D eigenvalue weighted by molar-refractivity contribution is -0.120. The molecule has 2 heterocycles. The maximum absolute atomic E-state index is 12.3. The molecule has 1 aromatic carbocycles. The molecule has 1 saturated heterocycles. The summed E-state index contributed by atoms with van der Waals surface area (Å²) in [7, 11) is 3.23. The van der Waals surface area contributed by atoms with Crippen molar-refractivity contribution in [2.45, 2.75) is 38.5 Å². The van der Waals surface area contributed by atoms with Gasteiger partial charge in [-0.2, -0.15) is 0 Å². The van der Waals surface area contributed by atoms with E-state index >= 15 is 0 Å². The van der Waals surface area contributed by atoms with Crippen LogP contribution in [-0.4, -0.2) is 56.2 Å². The van der Waals surface area contributed by atoms with Crippen molar-refractivity contribution in [1.29, 1.82) is 0 Å². The fourth-order valence-corrected chi connectivity index (χ4v) is 4.42. The third kappa shape index (κ3) is 6.44. The Morgan fingerprint density at radius 3 is 2.62 bits per heavy atom. The Kier molecular flexibility index (Phi) is 8.31. The number of carbonyl (C=O) groups is 1. The summed E-state index contributed by atoms with van der Waals surface area (Å²) in [6.07, 6.45) is 6.63. The molecule has 1 fully saturated rings. The van der Waals surface area contributed by atoms with Gasteiger partial charge in [0.05, 0.1) is 26.3 Å². The number of rotatable bonds is 9. The number of nitrogens with zero attached hydrogens (tertiary/aromatic N) is 2. The Morgan fingerprint density at radius 1 is 1.14 bits per heavy atom. The molecule has 0 spiro atoms. The SMILES string of the molecule is COc1ccc(-c2nc(CC(=O)NCCCN3CCCCCC3)cs2)cc1OC. The van der Waals surface area contributed by atoms with Gasteiger partial charge in [-0.05, 0) is 57.1 Å². The first-order chi connectivity index (χ1) is 14.2. The van der Waals surface area contributed by atoms with Crippen LogP contribution in [0.4, 0.5) is 0 Å². The molecule has 7 heteroatoms. The van der Waals surface area contributed by atoms with E-state index in [9.17, 15) is 4.79 Å². The summed E-state index contributed by atoms with van der Waals surface area (Å²) in [6.45, 7) is 4.19. The van der Waals surface area contributed by atoms with Gasteiger partial charge >= 0.3 is 0 Å². The summed E-state index contributed by atoms with van der Waals surface area (Å²) >= 11 is 1.53. The fraction of sp³-hybridized carbons (Fsp3) is 0.545. The lowest BCUT2D eigenvalue weighted by Gasteiger charge is -2.19. The van der Waals surface area contributed by atoms with Gasteiger partial charge in [-0.3, -0.25) is 4.79 Å². The van der Waals surface area contributed by atoms with Crippen LogP contribution >= 0.6 is 11.3 Å². The number of likely N-dealkylation sites (tertiary alicyclic amines) is 1. The van der Waals surface area contributed by atoms with Crippen molar-refractivity contribution in [3.63, 3.8) is 0 Å². The highest BCUT2D eigenvalue weighted by atomic mass is 32.1. The zero-order valence-electron chi connectivity index (χ0n) is 17.4. The second-order valence-corrected chi connectivity index (χ2v) is 8.21. The normalized spacial score (nSPS) is 15.0. The fourth-order valence-electron chi connectivity index (χ4n) is 3.61. The van der Waals surface area contributed by atoms with Crippen molar-refractivity contribution in [2.24, 2.45) is 0 Å². The Balaban J connectivity index is 1.45. The van der Waals surface area contributed by atoms with E-state index in [2.05, 4.69) is 15.2 Å². The van der Waals surface area contributed by atoms with Crippen molar-refractivity contribution in [1.82, 2.24) is 15.2 Å². The maximum atomic E-state index is 12.3. The molecule has 6 nitrogen and oxygen atoms in total. The highest BCUT2D eigenvalue weighted by Crippen LogP contribution is 2.33. The van der Waals surface area contributed by atoms with E-state index in [1.165, 1.54) is 50.1 Å². The first-order valence-corrected chi connectivity index (χ1v) is 11.2. The van der Waals surface area contributed by atoms with Crippen molar-refractivity contribution >= 4 is 17.2 Å². The Morgan fingerprint density at radius 2 is 1.90 bits per heavy atom. The quantitative estimate of drug-likeness (QED) is 0.630. The number of hydrogen-bond donors (Lipinski definition) is 1. The maximum Gasteiger partial charge on any atom is 0.226 e. The summed E-state index contributed by atoms with van der Waals surface area (Å²) in [5.74, 6) is 1.39. The highest BCUT2D eigenvalue weighted by Gasteiger charge is 2.12. The number of benzene rings is 1. The Hall–Kier alpha value is -2.12. The summed E-state index contributed by atoms with van der Waals surface area (Å²) in [5.41, 5.74) is 1.75. The topological polar surface area (TPSA) is 63.7 Å². The molecule has 1 aliphatic heterocycles. The van der Waals surface area contributed by atoms with Gasteiger partial charge in [0.15, 0.2) is 11.5 Å².